The second kappa shape index (κ2) is 45.9. The number of aliphatic hydroxyl groups excluding tert-OH is 3. The van der Waals surface area contributed by atoms with Crippen molar-refractivity contribution < 1.29 is 29.7 Å². The molecule has 7 nitrogen and oxygen atoms in total. The van der Waals surface area contributed by atoms with Crippen molar-refractivity contribution in [2.24, 2.45) is 0 Å². The zero-order valence-electron chi connectivity index (χ0n) is 40.3. The van der Waals surface area contributed by atoms with E-state index in [1.165, 1.54) is 57.8 Å². The lowest BCUT2D eigenvalue weighted by atomic mass is 10.0. The number of unbranched alkanes of at least 4 members (excludes halogenated alkanes) is 24. The summed E-state index contributed by atoms with van der Waals surface area (Å²) in [7, 11) is 0. The summed E-state index contributed by atoms with van der Waals surface area (Å²) in [4.78, 5) is 41.1. The minimum absolute atomic E-state index is 0.233. The summed E-state index contributed by atoms with van der Waals surface area (Å²) in [6, 6.07) is 0. The monoisotopic (exact) mass is 858 g/mol. The predicted molar refractivity (Wildman–Crippen MR) is 259 cm³/mol. The molecule has 3 N–H and O–H groups in total. The van der Waals surface area contributed by atoms with Gasteiger partial charge >= 0.3 is 0 Å². The third kappa shape index (κ3) is 40.4. The topological polar surface area (TPSA) is 115 Å². The van der Waals surface area contributed by atoms with Gasteiger partial charge < -0.3 is 15.3 Å². The molecule has 7 heteroatoms. The van der Waals surface area contributed by atoms with Crippen molar-refractivity contribution in [1.29, 1.82) is 0 Å². The van der Waals surface area contributed by atoms with Gasteiger partial charge in [-0.15, -0.1) is 0 Å². The maximum absolute atomic E-state index is 13.4. The van der Waals surface area contributed by atoms with Crippen molar-refractivity contribution in [2.45, 2.75) is 289 Å². The fraction of sp³-hybridized carbons (Fsp3) is 0.833. The molecule has 0 aliphatic rings. The zero-order chi connectivity index (χ0) is 44.9. The quantitative estimate of drug-likeness (QED) is 0.0415. The van der Waals surface area contributed by atoms with E-state index in [0.29, 0.717) is 19.3 Å². The molecule has 0 radical (unpaired) electrons. The van der Waals surface area contributed by atoms with Gasteiger partial charge in [-0.25, -0.2) is 4.90 Å². The van der Waals surface area contributed by atoms with Gasteiger partial charge in [0, 0.05) is 19.3 Å². The summed E-state index contributed by atoms with van der Waals surface area (Å²) in [6.07, 6.45) is 49.4. The number of aliphatic hydroxyl groups is 3. The first-order chi connectivity index (χ1) is 29.8. The molecule has 0 aromatic rings. The smallest absolute Gasteiger partial charge is 0.236 e. The maximum Gasteiger partial charge on any atom is 0.236 e. The number of imide groups is 3. The first kappa shape index (κ1) is 58.9. The fourth-order valence-electron chi connectivity index (χ4n) is 7.85. The number of carbonyl (C=O) groups excluding carboxylic acids is 3. The minimum Gasteiger partial charge on any atom is -0.393 e. The number of rotatable bonds is 45. The number of allylic oxidation sites excluding steroid dienone is 3. The van der Waals surface area contributed by atoms with E-state index in [0.717, 1.165) is 159 Å². The van der Waals surface area contributed by atoms with Crippen LogP contribution >= 0.6 is 0 Å². The van der Waals surface area contributed by atoms with Crippen molar-refractivity contribution >= 4 is 17.7 Å². The zero-order valence-corrected chi connectivity index (χ0v) is 40.3. The van der Waals surface area contributed by atoms with Crippen LogP contribution in [-0.2, 0) is 14.4 Å². The van der Waals surface area contributed by atoms with E-state index in [-0.39, 0.29) is 55.3 Å². The van der Waals surface area contributed by atoms with Gasteiger partial charge in [0.25, 0.3) is 0 Å². The molecule has 0 saturated heterocycles. The summed E-state index contributed by atoms with van der Waals surface area (Å²) in [5, 5.41) is 30.4. The maximum atomic E-state index is 13.4. The molecule has 0 aliphatic heterocycles. The summed E-state index contributed by atoms with van der Waals surface area (Å²) in [6.45, 7) is 6.60. The van der Waals surface area contributed by atoms with Crippen molar-refractivity contribution in [2.75, 3.05) is 0 Å². The summed E-state index contributed by atoms with van der Waals surface area (Å²) >= 11 is 0. The Morgan fingerprint density at radius 2 is 0.590 bits per heavy atom. The highest BCUT2D eigenvalue weighted by molar-refractivity contribution is 6.10. The van der Waals surface area contributed by atoms with Crippen LogP contribution in [0.4, 0.5) is 0 Å². The molecule has 3 amide bonds. The Morgan fingerprint density at radius 3 is 0.869 bits per heavy atom. The summed E-state index contributed by atoms with van der Waals surface area (Å²) in [5.41, 5.74) is 0. The molecule has 0 rings (SSSR count). The molecule has 61 heavy (non-hydrogen) atoms. The molecule has 0 heterocycles. The van der Waals surface area contributed by atoms with Crippen molar-refractivity contribution in [3.8, 4) is 0 Å². The van der Waals surface area contributed by atoms with Crippen molar-refractivity contribution in [1.82, 2.24) is 4.90 Å². The van der Waals surface area contributed by atoms with Crippen molar-refractivity contribution in [3.63, 3.8) is 0 Å². The number of amides is 3. The van der Waals surface area contributed by atoms with Crippen LogP contribution < -0.4 is 0 Å². The Bertz CT molecular complexity index is 952. The number of nitrogens with zero attached hydrogens (tertiary/aromatic N) is 1. The molecular weight excluding hydrogens is 759 g/mol. The molecular formula is C54H99NO6. The van der Waals surface area contributed by atoms with E-state index >= 15 is 0 Å². The van der Waals surface area contributed by atoms with Crippen LogP contribution in [0.2, 0.25) is 0 Å². The van der Waals surface area contributed by atoms with E-state index in [9.17, 15) is 29.7 Å². The van der Waals surface area contributed by atoms with E-state index in [1.54, 1.807) is 0 Å². The van der Waals surface area contributed by atoms with Crippen LogP contribution in [0.5, 0.6) is 0 Å². The van der Waals surface area contributed by atoms with Gasteiger partial charge in [0.2, 0.25) is 17.7 Å². The van der Waals surface area contributed by atoms with Gasteiger partial charge in [0.05, 0.1) is 18.3 Å². The molecule has 0 spiro atoms. The van der Waals surface area contributed by atoms with Gasteiger partial charge in [-0.1, -0.05) is 192 Å². The number of hydrogen-bond acceptors (Lipinski definition) is 6. The van der Waals surface area contributed by atoms with E-state index in [2.05, 4.69) is 57.2 Å². The lowest BCUT2D eigenvalue weighted by Gasteiger charge is -2.19. The Kier molecular flexibility index (Phi) is 44.3. The molecule has 3 atom stereocenters. The van der Waals surface area contributed by atoms with Crippen LogP contribution in [0.3, 0.4) is 0 Å². The molecule has 0 bridgehead atoms. The highest BCUT2D eigenvalue weighted by atomic mass is 16.3. The Morgan fingerprint density at radius 1 is 0.344 bits per heavy atom. The van der Waals surface area contributed by atoms with Gasteiger partial charge in [-0.2, -0.15) is 0 Å². The lowest BCUT2D eigenvalue weighted by molar-refractivity contribution is -0.154. The third-order valence-electron chi connectivity index (χ3n) is 11.9. The molecule has 0 unspecified atom stereocenters. The molecule has 0 aliphatic carbocycles. The normalized spacial score (nSPS) is 13.5. The van der Waals surface area contributed by atoms with Gasteiger partial charge in [0.15, 0.2) is 0 Å². The molecule has 0 aromatic carbocycles. The minimum atomic E-state index is -0.332. The van der Waals surface area contributed by atoms with E-state index < -0.39 is 0 Å². The van der Waals surface area contributed by atoms with Crippen LogP contribution in [0.25, 0.3) is 0 Å². The second-order valence-corrected chi connectivity index (χ2v) is 18.1. The van der Waals surface area contributed by atoms with Crippen molar-refractivity contribution in [3.05, 3.63) is 36.5 Å². The second-order valence-electron chi connectivity index (χ2n) is 18.1. The van der Waals surface area contributed by atoms with Gasteiger partial charge in [0.1, 0.15) is 0 Å². The molecule has 0 saturated carbocycles. The highest BCUT2D eigenvalue weighted by Crippen LogP contribution is 2.17. The molecule has 0 fully saturated rings. The third-order valence-corrected chi connectivity index (χ3v) is 11.9. The van der Waals surface area contributed by atoms with E-state index in [4.69, 9.17) is 0 Å². The predicted octanol–water partition coefficient (Wildman–Crippen LogP) is 14.9. The van der Waals surface area contributed by atoms with Gasteiger partial charge in [-0.05, 0) is 96.3 Å². The van der Waals surface area contributed by atoms with Crippen LogP contribution in [-0.4, -0.2) is 56.3 Å². The summed E-state index contributed by atoms with van der Waals surface area (Å²) < 4.78 is 0. The Balaban J connectivity index is 4.60. The first-order valence-corrected chi connectivity index (χ1v) is 26.1. The average Bonchev–Trinajstić information content (AvgIpc) is 3.24. The number of hydrogen-bond donors (Lipinski definition) is 3. The van der Waals surface area contributed by atoms with E-state index in [1.807, 2.05) is 0 Å². The Labute approximate surface area is 377 Å². The summed E-state index contributed by atoms with van der Waals surface area (Å²) in [5.74, 6) is -0.995. The molecule has 0 aromatic heterocycles. The molecule has 356 valence electrons. The fourth-order valence-corrected chi connectivity index (χ4v) is 7.85. The lowest BCUT2D eigenvalue weighted by Crippen LogP contribution is -2.41. The average molecular weight is 858 g/mol. The van der Waals surface area contributed by atoms with Crippen LogP contribution in [0.15, 0.2) is 36.5 Å². The largest absolute Gasteiger partial charge is 0.393 e. The first-order valence-electron chi connectivity index (χ1n) is 26.1. The standard InChI is InChI=1S/C54H99NO6/c1-4-7-10-31-40-49(56)43-34-25-19-13-16-22-28-37-46-52(59)55(53(60)47-38-29-23-17-14-20-26-35-44-50(57)41-32-11-8-5-2)54(61)48-39-30-24-18-15-21-27-36-45-51(58)42-33-12-9-6-3/h25-27,34-36,49-51,56-58H,4-24,28-33,37-48H2,1-3H3/b34-25-,35-26-,36-27-/t49-,50-,51-/m1/s1. The Hall–Kier alpha value is -2.09. The highest BCUT2D eigenvalue weighted by Gasteiger charge is 2.27. The van der Waals surface area contributed by atoms with Gasteiger partial charge in [-0.3, -0.25) is 14.4 Å². The SMILES string of the molecule is CCCCCC[C@@H](O)C/C=C\CCCCCCCC(=O)N(C(=O)CCCCCCC/C=C\C[C@H](O)CCCCCC)C(=O)CCCCCCC/C=C\C[C@H](O)CCCCCC. The van der Waals surface area contributed by atoms with Crippen LogP contribution in [0, 0.1) is 0 Å². The van der Waals surface area contributed by atoms with Crippen LogP contribution in [0.1, 0.15) is 271 Å². The number of carbonyl (C=O) groups is 3.